The lowest BCUT2D eigenvalue weighted by Crippen LogP contribution is -2.46. The average Bonchev–Trinajstić information content (AvgIpc) is 2.84. The van der Waals surface area contributed by atoms with Gasteiger partial charge in [0.25, 0.3) is 0 Å². The van der Waals surface area contributed by atoms with E-state index in [1.807, 2.05) is 24.3 Å². The fourth-order valence-corrected chi connectivity index (χ4v) is 1.68. The molecule has 0 saturated carbocycles. The lowest BCUT2D eigenvalue weighted by atomic mass is 9.94. The number of carboxylic acid groups (broad SMARTS) is 1. The Morgan fingerprint density at radius 1 is 1.47 bits per heavy atom. The van der Waals surface area contributed by atoms with Gasteiger partial charge < -0.3 is 21.1 Å². The smallest absolute Gasteiger partial charge is 0.323 e. The van der Waals surface area contributed by atoms with E-state index in [0.717, 1.165) is 11.3 Å². The second kappa shape index (κ2) is 5.11. The van der Waals surface area contributed by atoms with Gasteiger partial charge >= 0.3 is 5.97 Å². The van der Waals surface area contributed by atoms with Crippen LogP contribution in [-0.4, -0.2) is 26.6 Å². The molecule has 2 rings (SSSR count). The summed E-state index contributed by atoms with van der Waals surface area (Å²) in [7, 11) is 0. The normalized spacial score (nSPS) is 13.8. The summed E-state index contributed by atoms with van der Waals surface area (Å²) in [5, 5.41) is 12.1. The number of hydrogen-bond donors (Lipinski definition) is 4. The van der Waals surface area contributed by atoms with Gasteiger partial charge in [-0.25, -0.2) is 4.98 Å². The summed E-state index contributed by atoms with van der Waals surface area (Å²) in [6, 6.07) is 7.41. The first-order chi connectivity index (χ1) is 8.97. The largest absolute Gasteiger partial charge is 0.480 e. The Balaban J connectivity index is 2.04. The first-order valence-corrected chi connectivity index (χ1v) is 5.85. The Kier molecular flexibility index (Phi) is 3.52. The Bertz CT molecular complexity index is 547. The molecule has 1 heterocycles. The second-order valence-electron chi connectivity index (χ2n) is 4.66. The van der Waals surface area contributed by atoms with E-state index in [-0.39, 0.29) is 6.42 Å². The predicted octanol–water partition coefficient (Wildman–Crippen LogP) is 1.50. The standard InChI is InChI=1S/C13H16N4O2/c1-13(14,11(18)19)8-9-2-4-10(5-3-9)17-12-15-6-7-16-12/h2-7H,8,14H2,1H3,(H,18,19)(H2,15,16,17)/t13-/m1/s1. The van der Waals surface area contributed by atoms with E-state index in [0.29, 0.717) is 5.95 Å². The van der Waals surface area contributed by atoms with E-state index in [4.69, 9.17) is 10.8 Å². The minimum absolute atomic E-state index is 0.281. The van der Waals surface area contributed by atoms with Crippen LogP contribution >= 0.6 is 0 Å². The van der Waals surface area contributed by atoms with E-state index in [2.05, 4.69) is 15.3 Å². The zero-order chi connectivity index (χ0) is 13.9. The number of rotatable bonds is 5. The van der Waals surface area contributed by atoms with Crippen molar-refractivity contribution < 1.29 is 9.90 Å². The molecule has 1 aromatic heterocycles. The van der Waals surface area contributed by atoms with Crippen LogP contribution in [0.25, 0.3) is 0 Å². The Morgan fingerprint density at radius 2 is 2.16 bits per heavy atom. The number of aliphatic carboxylic acids is 1. The van der Waals surface area contributed by atoms with Gasteiger partial charge in [-0.1, -0.05) is 12.1 Å². The number of H-pyrrole nitrogens is 1. The molecule has 0 saturated heterocycles. The van der Waals surface area contributed by atoms with Crippen LogP contribution in [0.4, 0.5) is 11.6 Å². The highest BCUT2D eigenvalue weighted by Crippen LogP contribution is 2.16. The van der Waals surface area contributed by atoms with E-state index < -0.39 is 11.5 Å². The van der Waals surface area contributed by atoms with Gasteiger partial charge in [-0.15, -0.1) is 0 Å². The Labute approximate surface area is 110 Å². The number of imidazole rings is 1. The van der Waals surface area contributed by atoms with Crippen LogP contribution in [0.5, 0.6) is 0 Å². The molecule has 6 heteroatoms. The molecule has 0 aliphatic heterocycles. The number of aromatic amines is 1. The van der Waals surface area contributed by atoms with Gasteiger partial charge in [0.1, 0.15) is 5.54 Å². The summed E-state index contributed by atoms with van der Waals surface area (Å²) in [4.78, 5) is 17.9. The molecule has 0 bridgehead atoms. The second-order valence-corrected chi connectivity index (χ2v) is 4.66. The van der Waals surface area contributed by atoms with E-state index >= 15 is 0 Å². The maximum absolute atomic E-state index is 11.0. The van der Waals surface area contributed by atoms with E-state index in [1.165, 1.54) is 6.92 Å². The zero-order valence-corrected chi connectivity index (χ0v) is 10.6. The van der Waals surface area contributed by atoms with Crippen molar-refractivity contribution in [3.8, 4) is 0 Å². The van der Waals surface area contributed by atoms with Gasteiger partial charge in [-0.2, -0.15) is 0 Å². The molecule has 0 fully saturated rings. The molecule has 5 N–H and O–H groups in total. The lowest BCUT2D eigenvalue weighted by Gasteiger charge is -2.19. The molecule has 1 aromatic carbocycles. The van der Waals surface area contributed by atoms with Gasteiger partial charge in [-0.3, -0.25) is 4.79 Å². The predicted molar refractivity (Wildman–Crippen MR) is 72.2 cm³/mol. The lowest BCUT2D eigenvalue weighted by molar-refractivity contribution is -0.142. The van der Waals surface area contributed by atoms with Gasteiger partial charge in [0.05, 0.1) is 0 Å². The zero-order valence-electron chi connectivity index (χ0n) is 10.6. The average molecular weight is 260 g/mol. The molecule has 2 aromatic rings. The maximum atomic E-state index is 11.0. The van der Waals surface area contributed by atoms with E-state index in [1.54, 1.807) is 12.4 Å². The number of nitrogens with one attached hydrogen (secondary N) is 2. The Hall–Kier alpha value is -2.34. The van der Waals surface area contributed by atoms with Gasteiger partial charge in [0.2, 0.25) is 5.95 Å². The first-order valence-electron chi connectivity index (χ1n) is 5.85. The number of benzene rings is 1. The quantitative estimate of drug-likeness (QED) is 0.652. The highest BCUT2D eigenvalue weighted by Gasteiger charge is 2.27. The summed E-state index contributed by atoms with van der Waals surface area (Å²) in [6.07, 6.45) is 3.66. The molecule has 100 valence electrons. The third-order valence-electron chi connectivity index (χ3n) is 2.77. The van der Waals surface area contributed by atoms with Crippen molar-refractivity contribution in [1.82, 2.24) is 9.97 Å². The van der Waals surface area contributed by atoms with Crippen LogP contribution < -0.4 is 11.1 Å². The Morgan fingerprint density at radius 3 is 2.68 bits per heavy atom. The van der Waals surface area contributed by atoms with Crippen molar-refractivity contribution in [2.75, 3.05) is 5.32 Å². The number of hydrogen-bond acceptors (Lipinski definition) is 4. The molecule has 6 nitrogen and oxygen atoms in total. The summed E-state index contributed by atoms with van der Waals surface area (Å²) in [6.45, 7) is 1.50. The molecule has 0 radical (unpaired) electrons. The summed E-state index contributed by atoms with van der Waals surface area (Å²) in [5.41, 5.74) is 6.20. The van der Waals surface area contributed by atoms with Crippen LogP contribution in [0.1, 0.15) is 12.5 Å². The monoisotopic (exact) mass is 260 g/mol. The number of carboxylic acids is 1. The number of nitrogens with zero attached hydrogens (tertiary/aromatic N) is 1. The molecule has 0 aliphatic carbocycles. The van der Waals surface area contributed by atoms with Crippen LogP contribution in [0.15, 0.2) is 36.7 Å². The van der Waals surface area contributed by atoms with Crippen LogP contribution in [0, 0.1) is 0 Å². The van der Waals surface area contributed by atoms with Crippen LogP contribution in [0.3, 0.4) is 0 Å². The van der Waals surface area contributed by atoms with Gasteiger partial charge in [0, 0.05) is 24.5 Å². The third-order valence-corrected chi connectivity index (χ3v) is 2.77. The van der Waals surface area contributed by atoms with Gasteiger partial charge in [-0.05, 0) is 24.6 Å². The topological polar surface area (TPSA) is 104 Å². The van der Waals surface area contributed by atoms with Crippen LogP contribution in [-0.2, 0) is 11.2 Å². The maximum Gasteiger partial charge on any atom is 0.323 e. The van der Waals surface area contributed by atoms with Crippen molar-refractivity contribution in [2.24, 2.45) is 5.73 Å². The highest BCUT2D eigenvalue weighted by atomic mass is 16.4. The molecule has 0 unspecified atom stereocenters. The first kappa shape index (κ1) is 13.1. The van der Waals surface area contributed by atoms with Crippen molar-refractivity contribution in [3.63, 3.8) is 0 Å². The summed E-state index contributed by atoms with van der Waals surface area (Å²) < 4.78 is 0. The number of aromatic nitrogens is 2. The van der Waals surface area contributed by atoms with Crippen molar-refractivity contribution in [3.05, 3.63) is 42.2 Å². The minimum Gasteiger partial charge on any atom is -0.480 e. The van der Waals surface area contributed by atoms with E-state index in [9.17, 15) is 4.79 Å². The fraction of sp³-hybridized carbons (Fsp3) is 0.231. The molecular weight excluding hydrogens is 244 g/mol. The minimum atomic E-state index is -1.25. The molecule has 0 spiro atoms. The molecule has 1 atom stereocenters. The number of nitrogens with two attached hydrogens (primary N) is 1. The van der Waals surface area contributed by atoms with Crippen molar-refractivity contribution in [1.29, 1.82) is 0 Å². The van der Waals surface area contributed by atoms with Crippen molar-refractivity contribution >= 4 is 17.6 Å². The van der Waals surface area contributed by atoms with Crippen molar-refractivity contribution in [2.45, 2.75) is 18.9 Å². The summed E-state index contributed by atoms with van der Waals surface area (Å²) in [5.74, 6) is -0.354. The highest BCUT2D eigenvalue weighted by molar-refractivity contribution is 5.78. The molecule has 0 aliphatic rings. The molecule has 0 amide bonds. The SMILES string of the molecule is C[C@@](N)(Cc1ccc(Nc2ncc[nH]2)cc1)C(=O)O. The number of anilines is 2. The fourth-order valence-electron chi connectivity index (χ4n) is 1.68. The van der Waals surface area contributed by atoms with Crippen LogP contribution in [0.2, 0.25) is 0 Å². The van der Waals surface area contributed by atoms with Gasteiger partial charge in [0.15, 0.2) is 0 Å². The molecular formula is C13H16N4O2. The third kappa shape index (κ3) is 3.32. The molecule has 19 heavy (non-hydrogen) atoms. The summed E-state index contributed by atoms with van der Waals surface area (Å²) >= 11 is 0. The number of carbonyl (C=O) groups is 1.